The van der Waals surface area contributed by atoms with Crippen LogP contribution in [0, 0.1) is 6.92 Å². The lowest BCUT2D eigenvalue weighted by molar-refractivity contribution is 0.251. The van der Waals surface area contributed by atoms with Gasteiger partial charge in [-0.05, 0) is 75.9 Å². The quantitative estimate of drug-likeness (QED) is 0.496. The van der Waals surface area contributed by atoms with Gasteiger partial charge in [0.15, 0.2) is 5.13 Å². The van der Waals surface area contributed by atoms with Crippen LogP contribution >= 0.6 is 11.3 Å². The van der Waals surface area contributed by atoms with Gasteiger partial charge < -0.3 is 15.5 Å². The average Bonchev–Trinajstić information content (AvgIpc) is 3.44. The van der Waals surface area contributed by atoms with E-state index in [9.17, 15) is 0 Å². The molecule has 1 aliphatic heterocycles. The molecule has 0 amide bonds. The van der Waals surface area contributed by atoms with Crippen molar-refractivity contribution in [3.8, 4) is 10.6 Å². The molecule has 32 heavy (non-hydrogen) atoms. The molecular formula is C25H32N6S. The van der Waals surface area contributed by atoms with E-state index in [0.717, 1.165) is 33.6 Å². The third kappa shape index (κ3) is 4.94. The van der Waals surface area contributed by atoms with E-state index >= 15 is 0 Å². The first kappa shape index (κ1) is 21.3. The van der Waals surface area contributed by atoms with Gasteiger partial charge in [0.25, 0.3) is 0 Å². The molecule has 2 aliphatic rings. The lowest BCUT2D eigenvalue weighted by Gasteiger charge is -2.30. The van der Waals surface area contributed by atoms with E-state index in [4.69, 9.17) is 9.97 Å². The predicted octanol–water partition coefficient (Wildman–Crippen LogP) is 5.82. The number of hydrogen-bond donors (Lipinski definition) is 2. The van der Waals surface area contributed by atoms with E-state index in [2.05, 4.69) is 58.8 Å². The molecule has 6 nitrogen and oxygen atoms in total. The molecule has 1 aromatic carbocycles. The fourth-order valence-corrected chi connectivity index (χ4v) is 5.91. The lowest BCUT2D eigenvalue weighted by atomic mass is 9.91. The van der Waals surface area contributed by atoms with Crippen molar-refractivity contribution >= 4 is 28.1 Å². The van der Waals surface area contributed by atoms with Gasteiger partial charge in [-0.15, -0.1) is 0 Å². The van der Waals surface area contributed by atoms with Gasteiger partial charge >= 0.3 is 0 Å². The molecule has 0 radical (unpaired) electrons. The predicted molar refractivity (Wildman–Crippen MR) is 133 cm³/mol. The minimum Gasteiger partial charge on any atom is -0.359 e. The maximum Gasteiger partial charge on any atom is 0.227 e. The maximum absolute atomic E-state index is 4.78. The van der Waals surface area contributed by atoms with Gasteiger partial charge in [0.2, 0.25) is 5.95 Å². The highest BCUT2D eigenvalue weighted by Crippen LogP contribution is 2.34. The van der Waals surface area contributed by atoms with Crippen molar-refractivity contribution in [3.63, 3.8) is 0 Å². The Balaban J connectivity index is 1.28. The van der Waals surface area contributed by atoms with Crippen LogP contribution in [0.2, 0.25) is 0 Å². The second kappa shape index (κ2) is 9.55. The third-order valence-corrected chi connectivity index (χ3v) is 7.74. The summed E-state index contributed by atoms with van der Waals surface area (Å²) in [6, 6.07) is 11.3. The van der Waals surface area contributed by atoms with Gasteiger partial charge in [0.05, 0.1) is 16.3 Å². The van der Waals surface area contributed by atoms with Crippen LogP contribution in [0.3, 0.4) is 0 Å². The molecular weight excluding hydrogens is 416 g/mol. The number of nitrogens with one attached hydrogen (secondary N) is 2. The molecule has 0 bridgehead atoms. The topological polar surface area (TPSA) is 66.0 Å². The Morgan fingerprint density at radius 1 is 1.00 bits per heavy atom. The van der Waals surface area contributed by atoms with E-state index in [1.54, 1.807) is 11.3 Å². The molecule has 7 heteroatoms. The molecule has 2 fully saturated rings. The van der Waals surface area contributed by atoms with Gasteiger partial charge in [-0.3, -0.25) is 0 Å². The summed E-state index contributed by atoms with van der Waals surface area (Å²) in [6.07, 6.45) is 9.48. The van der Waals surface area contributed by atoms with E-state index in [1.807, 2.05) is 12.3 Å². The molecule has 3 heterocycles. The number of anilines is 3. The number of benzene rings is 1. The van der Waals surface area contributed by atoms with Gasteiger partial charge in [-0.1, -0.05) is 36.3 Å². The highest BCUT2D eigenvalue weighted by atomic mass is 32.1. The first-order chi connectivity index (χ1) is 15.6. The van der Waals surface area contributed by atoms with Crippen LogP contribution in [0.1, 0.15) is 55.7 Å². The Hall–Kier alpha value is -2.51. The van der Waals surface area contributed by atoms with Crippen LogP contribution in [0.5, 0.6) is 0 Å². The van der Waals surface area contributed by atoms with E-state index in [-0.39, 0.29) is 0 Å². The summed E-state index contributed by atoms with van der Waals surface area (Å²) in [6.45, 7) is 4.41. The zero-order valence-electron chi connectivity index (χ0n) is 19.0. The number of piperidine rings is 1. The summed E-state index contributed by atoms with van der Waals surface area (Å²) >= 11 is 1.69. The molecule has 2 aromatic heterocycles. The maximum atomic E-state index is 4.78. The molecule has 2 N–H and O–H groups in total. The Labute approximate surface area is 194 Å². The van der Waals surface area contributed by atoms with Crippen molar-refractivity contribution in [2.24, 2.45) is 0 Å². The molecule has 168 valence electrons. The third-order valence-electron chi connectivity index (χ3n) is 6.63. The van der Waals surface area contributed by atoms with Gasteiger partial charge in [0.1, 0.15) is 0 Å². The number of likely N-dealkylation sites (N-methyl/N-ethyl adjacent to an activating group) is 1. The number of thiazole rings is 1. The second-order valence-electron chi connectivity index (χ2n) is 9.17. The standard InChI is InChI=1S/C25H32N6S/c1-17-23(32-25(27-17)29-20-7-3-4-8-20)22-13-14-26-24(30-22)28-21-11-9-18(10-12-21)19-6-5-15-31(2)16-19/h9-14,19-20H,3-8,15-16H2,1-2H3,(H,27,29)(H,26,28,30). The van der Waals surface area contributed by atoms with Crippen molar-refractivity contribution < 1.29 is 0 Å². The molecule has 1 atom stereocenters. The molecule has 5 rings (SSSR count). The summed E-state index contributed by atoms with van der Waals surface area (Å²) in [4.78, 5) is 17.5. The zero-order chi connectivity index (χ0) is 21.9. The number of likely N-dealkylation sites (tertiary alicyclic amines) is 1. The number of rotatable bonds is 6. The summed E-state index contributed by atoms with van der Waals surface area (Å²) in [7, 11) is 2.21. The van der Waals surface area contributed by atoms with Crippen molar-refractivity contribution in [1.82, 2.24) is 19.9 Å². The van der Waals surface area contributed by atoms with Crippen molar-refractivity contribution in [2.45, 2.75) is 57.4 Å². The Bertz CT molecular complexity index is 1040. The van der Waals surface area contributed by atoms with E-state index < -0.39 is 0 Å². The molecule has 1 saturated carbocycles. The summed E-state index contributed by atoms with van der Waals surface area (Å²) < 4.78 is 0. The van der Waals surface area contributed by atoms with Crippen molar-refractivity contribution in [2.75, 3.05) is 30.8 Å². The Morgan fingerprint density at radius 3 is 2.59 bits per heavy atom. The lowest BCUT2D eigenvalue weighted by Crippen LogP contribution is -2.30. The fraction of sp³-hybridized carbons (Fsp3) is 0.480. The SMILES string of the molecule is Cc1nc(NC2CCCC2)sc1-c1ccnc(Nc2ccc(C3CCCN(C)C3)cc2)n1. The second-order valence-corrected chi connectivity index (χ2v) is 10.2. The molecule has 1 unspecified atom stereocenters. The van der Waals surface area contributed by atoms with Gasteiger partial charge in [-0.25, -0.2) is 15.0 Å². The molecule has 1 saturated heterocycles. The van der Waals surface area contributed by atoms with Crippen LogP contribution in [0.4, 0.5) is 16.8 Å². The smallest absolute Gasteiger partial charge is 0.227 e. The first-order valence-electron chi connectivity index (χ1n) is 11.8. The highest BCUT2D eigenvalue weighted by Gasteiger charge is 2.19. The van der Waals surface area contributed by atoms with Crippen molar-refractivity contribution in [1.29, 1.82) is 0 Å². The number of hydrogen-bond acceptors (Lipinski definition) is 7. The van der Waals surface area contributed by atoms with Gasteiger partial charge in [-0.2, -0.15) is 0 Å². The molecule has 3 aromatic rings. The monoisotopic (exact) mass is 448 g/mol. The van der Waals surface area contributed by atoms with Crippen LogP contribution in [-0.2, 0) is 0 Å². The normalized spacial score (nSPS) is 19.9. The number of nitrogens with zero attached hydrogens (tertiary/aromatic N) is 4. The summed E-state index contributed by atoms with van der Waals surface area (Å²) in [5.41, 5.74) is 4.36. The van der Waals surface area contributed by atoms with Crippen LogP contribution < -0.4 is 10.6 Å². The molecule has 0 spiro atoms. The summed E-state index contributed by atoms with van der Waals surface area (Å²) in [5, 5.41) is 7.98. The Kier molecular flexibility index (Phi) is 6.37. The Morgan fingerprint density at radius 2 is 1.81 bits per heavy atom. The highest BCUT2D eigenvalue weighted by molar-refractivity contribution is 7.19. The van der Waals surface area contributed by atoms with Crippen LogP contribution in [-0.4, -0.2) is 46.0 Å². The molecule has 1 aliphatic carbocycles. The van der Waals surface area contributed by atoms with E-state index in [0.29, 0.717) is 17.9 Å². The fourth-order valence-electron chi connectivity index (χ4n) is 4.89. The van der Waals surface area contributed by atoms with Crippen molar-refractivity contribution in [3.05, 3.63) is 47.8 Å². The minimum absolute atomic E-state index is 0.563. The largest absolute Gasteiger partial charge is 0.359 e. The number of aromatic nitrogens is 3. The van der Waals surface area contributed by atoms with E-state index in [1.165, 1.54) is 50.6 Å². The summed E-state index contributed by atoms with van der Waals surface area (Å²) in [5.74, 6) is 1.24. The zero-order valence-corrected chi connectivity index (χ0v) is 19.8. The van der Waals surface area contributed by atoms with Gasteiger partial charge in [0, 0.05) is 24.5 Å². The van der Waals surface area contributed by atoms with Crippen LogP contribution in [0.15, 0.2) is 36.5 Å². The number of aryl methyl sites for hydroxylation is 1. The first-order valence-corrected chi connectivity index (χ1v) is 12.6. The average molecular weight is 449 g/mol. The minimum atomic E-state index is 0.563. The van der Waals surface area contributed by atoms with Crippen LogP contribution in [0.25, 0.3) is 10.6 Å².